The Hall–Kier alpha value is -0.110. The van der Waals surface area contributed by atoms with E-state index in [1.807, 2.05) is 0 Å². The Morgan fingerprint density at radius 3 is 2.42 bits per heavy atom. The molecule has 0 saturated heterocycles. The predicted molar refractivity (Wildman–Crippen MR) is 78.0 cm³/mol. The van der Waals surface area contributed by atoms with Gasteiger partial charge in [0.2, 0.25) is 0 Å². The minimum atomic E-state index is -0.602. The molecular formula is C17H31FO. The van der Waals surface area contributed by atoms with Crippen LogP contribution in [0.1, 0.15) is 71.6 Å². The van der Waals surface area contributed by atoms with Crippen molar-refractivity contribution in [3.63, 3.8) is 0 Å². The van der Waals surface area contributed by atoms with Crippen molar-refractivity contribution in [2.75, 3.05) is 6.61 Å². The number of alkyl halides is 1. The summed E-state index contributed by atoms with van der Waals surface area (Å²) in [5, 5.41) is 0. The summed E-state index contributed by atoms with van der Waals surface area (Å²) in [6, 6.07) is 0. The third-order valence-corrected chi connectivity index (χ3v) is 5.23. The molecule has 0 amide bonds. The van der Waals surface area contributed by atoms with Crippen molar-refractivity contribution in [1.82, 2.24) is 0 Å². The second-order valence-corrected chi connectivity index (χ2v) is 6.80. The first-order chi connectivity index (χ1) is 9.22. The van der Waals surface area contributed by atoms with Crippen LogP contribution in [0.4, 0.5) is 4.39 Å². The average Bonchev–Trinajstić information content (AvgIpc) is 2.44. The lowest BCUT2D eigenvalue weighted by Gasteiger charge is -2.39. The highest BCUT2D eigenvalue weighted by Crippen LogP contribution is 2.39. The van der Waals surface area contributed by atoms with Crippen LogP contribution in [0.2, 0.25) is 0 Å². The van der Waals surface area contributed by atoms with Crippen molar-refractivity contribution in [2.24, 2.45) is 17.8 Å². The second-order valence-electron chi connectivity index (χ2n) is 6.80. The lowest BCUT2D eigenvalue weighted by atomic mass is 9.72. The molecule has 2 aliphatic carbocycles. The largest absolute Gasteiger partial charge is 0.378 e. The highest BCUT2D eigenvalue weighted by Gasteiger charge is 2.36. The molecule has 0 bridgehead atoms. The molecule has 2 heteroatoms. The first kappa shape index (κ1) is 15.3. The zero-order chi connectivity index (χ0) is 13.7. The van der Waals surface area contributed by atoms with E-state index in [1.54, 1.807) is 0 Å². The summed E-state index contributed by atoms with van der Waals surface area (Å²) < 4.78 is 20.2. The van der Waals surface area contributed by atoms with E-state index in [-0.39, 0.29) is 5.92 Å². The van der Waals surface area contributed by atoms with Gasteiger partial charge in [0.1, 0.15) is 6.17 Å². The molecule has 1 nitrogen and oxygen atoms in total. The Labute approximate surface area is 118 Å². The summed E-state index contributed by atoms with van der Waals surface area (Å²) in [6.45, 7) is 5.08. The molecule has 2 aliphatic rings. The topological polar surface area (TPSA) is 9.23 Å². The molecular weight excluding hydrogens is 239 g/mol. The van der Waals surface area contributed by atoms with Gasteiger partial charge in [0.05, 0.1) is 6.10 Å². The van der Waals surface area contributed by atoms with Gasteiger partial charge in [-0.1, -0.05) is 33.1 Å². The van der Waals surface area contributed by atoms with Gasteiger partial charge in [-0.15, -0.1) is 0 Å². The molecule has 112 valence electrons. The molecule has 19 heavy (non-hydrogen) atoms. The summed E-state index contributed by atoms with van der Waals surface area (Å²) in [4.78, 5) is 0. The first-order valence-electron chi connectivity index (χ1n) is 8.48. The Bertz CT molecular complexity index is 250. The van der Waals surface area contributed by atoms with Gasteiger partial charge in [-0.25, -0.2) is 4.39 Å². The molecule has 4 atom stereocenters. The lowest BCUT2D eigenvalue weighted by Crippen LogP contribution is -2.38. The lowest BCUT2D eigenvalue weighted by molar-refractivity contribution is -0.0597. The van der Waals surface area contributed by atoms with E-state index in [4.69, 9.17) is 4.74 Å². The summed E-state index contributed by atoms with van der Waals surface area (Å²) in [5.74, 6) is 1.43. The Morgan fingerprint density at radius 2 is 1.79 bits per heavy atom. The van der Waals surface area contributed by atoms with Gasteiger partial charge >= 0.3 is 0 Å². The summed E-state index contributed by atoms with van der Waals surface area (Å²) in [6.07, 6.45) is 10.5. The van der Waals surface area contributed by atoms with Gasteiger partial charge in [0.15, 0.2) is 0 Å². The molecule has 2 saturated carbocycles. The van der Waals surface area contributed by atoms with Gasteiger partial charge in [0, 0.05) is 6.61 Å². The zero-order valence-electron chi connectivity index (χ0n) is 12.7. The SMILES string of the molecule is CCCOC(C1CCCCC1)C1CCC(C)C(F)C1. The number of ether oxygens (including phenoxy) is 1. The molecule has 0 aromatic carbocycles. The van der Waals surface area contributed by atoms with Gasteiger partial charge in [-0.2, -0.15) is 0 Å². The maximum absolute atomic E-state index is 14.0. The molecule has 0 aliphatic heterocycles. The third kappa shape index (κ3) is 4.18. The minimum Gasteiger partial charge on any atom is -0.378 e. The molecule has 0 heterocycles. The molecule has 2 fully saturated rings. The third-order valence-electron chi connectivity index (χ3n) is 5.23. The van der Waals surface area contributed by atoms with Crippen molar-refractivity contribution in [1.29, 1.82) is 0 Å². The fourth-order valence-corrected chi connectivity index (χ4v) is 3.97. The minimum absolute atomic E-state index is 0.259. The maximum Gasteiger partial charge on any atom is 0.103 e. The quantitative estimate of drug-likeness (QED) is 0.672. The molecule has 2 rings (SSSR count). The van der Waals surface area contributed by atoms with Crippen molar-refractivity contribution in [3.8, 4) is 0 Å². The fourth-order valence-electron chi connectivity index (χ4n) is 3.97. The second kappa shape index (κ2) is 7.61. The summed E-state index contributed by atoms with van der Waals surface area (Å²) >= 11 is 0. The van der Waals surface area contributed by atoms with Crippen LogP contribution in [0.5, 0.6) is 0 Å². The monoisotopic (exact) mass is 270 g/mol. The predicted octanol–water partition coefficient (Wildman–Crippen LogP) is 5.14. The van der Waals surface area contributed by atoms with Gasteiger partial charge in [0.25, 0.3) is 0 Å². The molecule has 0 radical (unpaired) electrons. The standard InChI is InChI=1S/C17H31FO/c1-3-11-19-17(14-7-5-4-6-8-14)15-10-9-13(2)16(18)12-15/h13-17H,3-12H2,1-2H3. The van der Waals surface area contributed by atoms with Crippen LogP contribution < -0.4 is 0 Å². The van der Waals surface area contributed by atoms with Crippen LogP contribution in [0.3, 0.4) is 0 Å². The Kier molecular flexibility index (Phi) is 6.12. The average molecular weight is 270 g/mol. The molecule has 0 N–H and O–H groups in total. The number of hydrogen-bond acceptors (Lipinski definition) is 1. The van der Waals surface area contributed by atoms with Crippen LogP contribution in [0.15, 0.2) is 0 Å². The zero-order valence-corrected chi connectivity index (χ0v) is 12.7. The highest BCUT2D eigenvalue weighted by molar-refractivity contribution is 4.87. The number of hydrogen-bond donors (Lipinski definition) is 0. The number of rotatable bonds is 5. The van der Waals surface area contributed by atoms with Crippen LogP contribution in [-0.2, 0) is 4.74 Å². The van der Waals surface area contributed by atoms with Gasteiger partial charge in [-0.05, 0) is 56.3 Å². The van der Waals surface area contributed by atoms with Gasteiger partial charge < -0.3 is 4.74 Å². The van der Waals surface area contributed by atoms with E-state index in [1.165, 1.54) is 38.5 Å². The van der Waals surface area contributed by atoms with Crippen LogP contribution >= 0.6 is 0 Å². The van der Waals surface area contributed by atoms with Crippen molar-refractivity contribution in [3.05, 3.63) is 0 Å². The van der Waals surface area contributed by atoms with Crippen LogP contribution in [0, 0.1) is 17.8 Å². The normalized spacial score (nSPS) is 35.2. The van der Waals surface area contributed by atoms with Gasteiger partial charge in [-0.3, -0.25) is 0 Å². The maximum atomic E-state index is 14.0. The van der Waals surface area contributed by atoms with Crippen molar-refractivity contribution < 1.29 is 9.13 Å². The highest BCUT2D eigenvalue weighted by atomic mass is 19.1. The van der Waals surface area contributed by atoms with E-state index < -0.39 is 6.17 Å². The first-order valence-corrected chi connectivity index (χ1v) is 8.48. The van der Waals surface area contributed by atoms with E-state index in [9.17, 15) is 4.39 Å². The van der Waals surface area contributed by atoms with Crippen LogP contribution in [0.25, 0.3) is 0 Å². The Morgan fingerprint density at radius 1 is 1.05 bits per heavy atom. The molecule has 0 aromatic heterocycles. The van der Waals surface area contributed by atoms with Crippen molar-refractivity contribution >= 4 is 0 Å². The van der Waals surface area contributed by atoms with Crippen LogP contribution in [-0.4, -0.2) is 18.9 Å². The summed E-state index contributed by atoms with van der Waals surface area (Å²) in [7, 11) is 0. The summed E-state index contributed by atoms with van der Waals surface area (Å²) in [5.41, 5.74) is 0. The van der Waals surface area contributed by atoms with E-state index in [0.717, 1.165) is 25.9 Å². The molecule has 0 spiro atoms. The van der Waals surface area contributed by atoms with E-state index in [0.29, 0.717) is 17.9 Å². The molecule has 0 aromatic rings. The van der Waals surface area contributed by atoms with E-state index >= 15 is 0 Å². The van der Waals surface area contributed by atoms with E-state index in [2.05, 4.69) is 13.8 Å². The molecule has 4 unspecified atom stereocenters. The smallest absolute Gasteiger partial charge is 0.103 e. The number of halogens is 1. The Balaban J connectivity index is 1.95. The van der Waals surface area contributed by atoms with Crippen molar-refractivity contribution in [2.45, 2.75) is 83.9 Å². The fraction of sp³-hybridized carbons (Fsp3) is 1.00.